The van der Waals surface area contributed by atoms with Gasteiger partial charge >= 0.3 is 0 Å². The molecule has 0 bridgehead atoms. The van der Waals surface area contributed by atoms with Gasteiger partial charge in [-0.25, -0.2) is 4.98 Å². The van der Waals surface area contributed by atoms with Crippen LogP contribution in [0.15, 0.2) is 285 Å². The third kappa shape index (κ3) is 7.56. The van der Waals surface area contributed by atoms with Crippen molar-refractivity contribution in [2.75, 3.05) is 0 Å². The molecule has 0 unspecified atom stereocenters. The van der Waals surface area contributed by atoms with Gasteiger partial charge in [-0.15, -0.1) is 0 Å². The van der Waals surface area contributed by atoms with Crippen LogP contribution in [0.4, 0.5) is 0 Å². The average Bonchev–Trinajstić information content (AvgIpc) is 3.46. The maximum Gasteiger partial charge on any atom is 0.0709 e. The van der Waals surface area contributed by atoms with Crippen molar-refractivity contribution in [2.45, 2.75) is 0 Å². The molecule has 13 aromatic rings. The van der Waals surface area contributed by atoms with E-state index in [9.17, 15) is 0 Å². The summed E-state index contributed by atoms with van der Waals surface area (Å²) in [5.41, 5.74) is 22.0. The molecule has 1 heterocycles. The van der Waals surface area contributed by atoms with Gasteiger partial charge in [0.15, 0.2) is 0 Å². The first-order valence-electron chi connectivity index (χ1n) is 24.8. The van der Waals surface area contributed by atoms with Gasteiger partial charge in [0.25, 0.3) is 0 Å². The minimum absolute atomic E-state index is 0.963. The Kier molecular flexibility index (Phi) is 10.9. The Bertz CT molecular complexity index is 3950. The highest BCUT2D eigenvalue weighted by molar-refractivity contribution is 6.22. The van der Waals surface area contributed by atoms with Crippen LogP contribution in [0.25, 0.3) is 133 Å². The number of para-hydroxylation sites is 1. The molecule has 0 spiro atoms. The minimum Gasteiger partial charge on any atom is -0.248 e. The molecule has 0 saturated carbocycles. The molecule has 0 atom stereocenters. The Morgan fingerprint density at radius 3 is 0.847 bits per heavy atom. The Labute approximate surface area is 420 Å². The summed E-state index contributed by atoms with van der Waals surface area (Å²) in [5, 5.41) is 5.97. The quantitative estimate of drug-likeness (QED) is 0.132. The Morgan fingerprint density at radius 1 is 0.181 bits per heavy atom. The van der Waals surface area contributed by atoms with Gasteiger partial charge in [0.05, 0.1) is 11.2 Å². The Balaban J connectivity index is 1.12. The number of rotatable bonds is 9. The van der Waals surface area contributed by atoms with Crippen LogP contribution in [-0.4, -0.2) is 4.98 Å². The first kappa shape index (κ1) is 42.7. The predicted octanol–water partition coefficient (Wildman–Crippen LogP) is 19.5. The SMILES string of the molecule is c1ccc(-c2c(-c3ccccc3)c(-c3ccccc3)c(-c3cccc(-c4c5ccccc5c(-c5cccc(-c6ccc7ccccc7n6)c5)c5ccccc45)c3)c(-c3ccccc3)c2-c2ccccc2)cc1. The first-order valence-corrected chi connectivity index (χ1v) is 24.8. The molecule has 0 radical (unpaired) electrons. The number of fused-ring (bicyclic) bond motifs is 3. The fraction of sp³-hybridized carbons (Fsp3) is 0. The van der Waals surface area contributed by atoms with Crippen LogP contribution in [0.3, 0.4) is 0 Å². The van der Waals surface area contributed by atoms with E-state index in [1.807, 2.05) is 0 Å². The molecule has 72 heavy (non-hydrogen) atoms. The largest absolute Gasteiger partial charge is 0.248 e. The predicted molar refractivity (Wildman–Crippen MR) is 306 cm³/mol. The number of hydrogen-bond donors (Lipinski definition) is 0. The van der Waals surface area contributed by atoms with Crippen molar-refractivity contribution < 1.29 is 0 Å². The lowest BCUT2D eigenvalue weighted by Gasteiger charge is -2.29. The zero-order valence-corrected chi connectivity index (χ0v) is 39.6. The normalized spacial score (nSPS) is 11.3. The highest BCUT2D eigenvalue weighted by atomic mass is 14.7. The van der Waals surface area contributed by atoms with Gasteiger partial charge in [-0.1, -0.05) is 261 Å². The van der Waals surface area contributed by atoms with E-state index in [-0.39, 0.29) is 0 Å². The maximum atomic E-state index is 5.11. The molecule has 0 aliphatic carbocycles. The molecule has 1 aromatic heterocycles. The topological polar surface area (TPSA) is 12.9 Å². The maximum absolute atomic E-state index is 5.11. The summed E-state index contributed by atoms with van der Waals surface area (Å²) in [6.45, 7) is 0. The second-order valence-corrected chi connectivity index (χ2v) is 18.5. The highest BCUT2D eigenvalue weighted by Gasteiger charge is 2.29. The van der Waals surface area contributed by atoms with E-state index >= 15 is 0 Å². The molecule has 13 rings (SSSR count). The van der Waals surface area contributed by atoms with Gasteiger partial charge in [0.2, 0.25) is 0 Å². The molecule has 0 aliphatic rings. The van der Waals surface area contributed by atoms with Gasteiger partial charge in [-0.2, -0.15) is 0 Å². The monoisotopic (exact) mass is 913 g/mol. The Morgan fingerprint density at radius 2 is 0.458 bits per heavy atom. The minimum atomic E-state index is 0.963. The van der Waals surface area contributed by atoms with Crippen molar-refractivity contribution in [2.24, 2.45) is 0 Å². The van der Waals surface area contributed by atoms with Gasteiger partial charge in [0.1, 0.15) is 0 Å². The summed E-state index contributed by atoms with van der Waals surface area (Å²) in [7, 11) is 0. The molecule has 12 aromatic carbocycles. The number of nitrogens with zero attached hydrogens (tertiary/aromatic N) is 1. The number of pyridine rings is 1. The second-order valence-electron chi connectivity index (χ2n) is 18.5. The number of hydrogen-bond acceptors (Lipinski definition) is 1. The fourth-order valence-corrected chi connectivity index (χ4v) is 11.1. The average molecular weight is 914 g/mol. The zero-order chi connectivity index (χ0) is 47.8. The van der Waals surface area contributed by atoms with E-state index in [2.05, 4.69) is 285 Å². The third-order valence-electron chi connectivity index (χ3n) is 14.2. The van der Waals surface area contributed by atoms with E-state index in [4.69, 9.17) is 4.98 Å². The second kappa shape index (κ2) is 18.5. The highest BCUT2D eigenvalue weighted by Crippen LogP contribution is 2.56. The molecular weight excluding hydrogens is 867 g/mol. The third-order valence-corrected chi connectivity index (χ3v) is 14.2. The molecule has 0 N–H and O–H groups in total. The molecule has 0 aliphatic heterocycles. The molecule has 1 nitrogen and oxygen atoms in total. The lowest BCUT2D eigenvalue weighted by Crippen LogP contribution is -2.02. The van der Waals surface area contributed by atoms with Gasteiger partial charge in [0, 0.05) is 10.9 Å². The zero-order valence-electron chi connectivity index (χ0n) is 39.6. The summed E-state index contributed by atoms with van der Waals surface area (Å²) >= 11 is 0. The van der Waals surface area contributed by atoms with E-state index in [0.717, 1.165) is 61.1 Å². The summed E-state index contributed by atoms with van der Waals surface area (Å²) in [5.74, 6) is 0. The fourth-order valence-electron chi connectivity index (χ4n) is 11.1. The molecule has 0 saturated heterocycles. The van der Waals surface area contributed by atoms with Crippen LogP contribution in [0, 0.1) is 0 Å². The van der Waals surface area contributed by atoms with Crippen molar-refractivity contribution in [3.63, 3.8) is 0 Å². The van der Waals surface area contributed by atoms with Crippen LogP contribution < -0.4 is 0 Å². The summed E-state index contributed by atoms with van der Waals surface area (Å²) in [6.07, 6.45) is 0. The van der Waals surface area contributed by atoms with Gasteiger partial charge in [-0.3, -0.25) is 0 Å². The van der Waals surface area contributed by atoms with E-state index in [0.29, 0.717) is 0 Å². The van der Waals surface area contributed by atoms with E-state index < -0.39 is 0 Å². The lowest BCUT2D eigenvalue weighted by atomic mass is 9.74. The van der Waals surface area contributed by atoms with Crippen molar-refractivity contribution in [1.82, 2.24) is 4.98 Å². The van der Waals surface area contributed by atoms with Crippen LogP contribution in [0.5, 0.6) is 0 Å². The smallest absolute Gasteiger partial charge is 0.0709 e. The van der Waals surface area contributed by atoms with Crippen molar-refractivity contribution in [1.29, 1.82) is 0 Å². The standard InChI is InChI=1S/C71H47N/c1-6-25-49(26-7-1)66-67(50-27-8-2-9-28-50)69(52-31-12-4-13-32-52)71(70(53-33-14-5-15-34-53)68(66)51-29-10-3-11-30-51)57-38-23-37-56(47-57)65-60-41-19-17-39-58(60)64(59-40-18-20-42-61(59)65)55-36-22-35-54(46-55)63-45-44-48-24-16-21-43-62(48)72-63/h1-47H. The van der Waals surface area contributed by atoms with Gasteiger partial charge in [-0.05, 0) is 135 Å². The lowest BCUT2D eigenvalue weighted by molar-refractivity contribution is 1.40. The van der Waals surface area contributed by atoms with Crippen LogP contribution >= 0.6 is 0 Å². The molecule has 0 fully saturated rings. The molecule has 1 heteroatoms. The Hall–Kier alpha value is -9.43. The number of benzene rings is 12. The van der Waals surface area contributed by atoms with E-state index in [1.54, 1.807) is 0 Å². The first-order chi connectivity index (χ1) is 35.8. The number of aromatic nitrogens is 1. The van der Waals surface area contributed by atoms with Crippen molar-refractivity contribution in [3.05, 3.63) is 285 Å². The summed E-state index contributed by atoms with van der Waals surface area (Å²) in [4.78, 5) is 5.11. The van der Waals surface area contributed by atoms with Crippen molar-refractivity contribution in [3.8, 4) is 100 Å². The van der Waals surface area contributed by atoms with Crippen molar-refractivity contribution >= 4 is 32.4 Å². The molecule has 0 amide bonds. The molecular formula is C71H47N. The summed E-state index contributed by atoms with van der Waals surface area (Å²) in [6, 6.07) is 104. The molecule has 336 valence electrons. The van der Waals surface area contributed by atoms with Crippen LogP contribution in [0.2, 0.25) is 0 Å². The summed E-state index contributed by atoms with van der Waals surface area (Å²) < 4.78 is 0. The van der Waals surface area contributed by atoms with Crippen LogP contribution in [-0.2, 0) is 0 Å². The van der Waals surface area contributed by atoms with E-state index in [1.165, 1.54) is 71.6 Å². The van der Waals surface area contributed by atoms with Crippen LogP contribution in [0.1, 0.15) is 0 Å². The van der Waals surface area contributed by atoms with Gasteiger partial charge < -0.3 is 0 Å².